The molecule has 0 fully saturated rings. The van der Waals surface area contributed by atoms with Crippen LogP contribution in [0.4, 0.5) is 5.69 Å². The lowest BCUT2D eigenvalue weighted by molar-refractivity contribution is -0.144. The molecule has 2 amide bonds. The lowest BCUT2D eigenvalue weighted by Gasteiger charge is -2.16. The Morgan fingerprint density at radius 3 is 2.18 bits per heavy atom. The summed E-state index contributed by atoms with van der Waals surface area (Å²) < 4.78 is 9.53. The van der Waals surface area contributed by atoms with Crippen molar-refractivity contribution in [1.29, 1.82) is 0 Å². The number of anilines is 1. The predicted molar refractivity (Wildman–Crippen MR) is 145 cm³/mol. The summed E-state index contributed by atoms with van der Waals surface area (Å²) >= 11 is 12.2. The van der Waals surface area contributed by atoms with Crippen molar-refractivity contribution in [1.82, 2.24) is 5.32 Å². The van der Waals surface area contributed by atoms with Crippen LogP contribution in [-0.4, -0.2) is 44.0 Å². The average Bonchev–Trinajstić information content (AvgIpc) is 2.91. The molecular formula is C28H24Cl2N2O6. The summed E-state index contributed by atoms with van der Waals surface area (Å²) in [4.78, 5) is 49.1. The maximum Gasteiger partial charge on any atom is 0.337 e. The molecule has 3 aromatic carbocycles. The molecule has 0 unspecified atom stereocenters. The molecule has 3 rings (SSSR count). The highest BCUT2D eigenvalue weighted by molar-refractivity contribution is 6.40. The first-order valence-corrected chi connectivity index (χ1v) is 12.1. The lowest BCUT2D eigenvalue weighted by atomic mass is 10.0. The summed E-state index contributed by atoms with van der Waals surface area (Å²) in [5.74, 6) is -2.10. The minimum atomic E-state index is -0.957. The molecule has 3 aromatic rings. The Labute approximate surface area is 229 Å². The molecule has 38 heavy (non-hydrogen) atoms. The number of nitrogens with one attached hydrogen (secondary N) is 2. The third-order valence-corrected chi connectivity index (χ3v) is 6.01. The van der Waals surface area contributed by atoms with Crippen LogP contribution in [0.25, 0.3) is 6.08 Å². The van der Waals surface area contributed by atoms with E-state index in [-0.39, 0.29) is 22.0 Å². The molecule has 2 N–H and O–H groups in total. The third kappa shape index (κ3) is 7.68. The van der Waals surface area contributed by atoms with E-state index in [4.69, 9.17) is 32.7 Å². The first-order chi connectivity index (χ1) is 18.2. The Hall–Kier alpha value is -4.14. The second kappa shape index (κ2) is 13.4. The van der Waals surface area contributed by atoms with Gasteiger partial charge in [-0.15, -0.1) is 0 Å². The number of methoxy groups -OCH3 is 2. The minimum Gasteiger partial charge on any atom is -0.467 e. The molecule has 0 aliphatic heterocycles. The SMILES string of the molecule is COC(=O)c1cccc(/C=C/C(=O)N[C@@H](Cc2ccc(NC(=O)c3c(Cl)cccc3Cl)cc2)C(=O)OC)c1. The zero-order valence-electron chi connectivity index (χ0n) is 20.5. The van der Waals surface area contributed by atoms with Gasteiger partial charge in [-0.2, -0.15) is 0 Å². The monoisotopic (exact) mass is 554 g/mol. The maximum atomic E-state index is 12.6. The van der Waals surface area contributed by atoms with E-state index in [1.165, 1.54) is 26.4 Å². The van der Waals surface area contributed by atoms with Crippen LogP contribution in [0.2, 0.25) is 10.0 Å². The molecule has 0 heterocycles. The summed E-state index contributed by atoms with van der Waals surface area (Å²) in [5.41, 5.74) is 2.32. The smallest absolute Gasteiger partial charge is 0.337 e. The largest absolute Gasteiger partial charge is 0.467 e. The summed E-state index contributed by atoms with van der Waals surface area (Å²) in [5, 5.41) is 5.81. The van der Waals surface area contributed by atoms with Gasteiger partial charge in [-0.3, -0.25) is 9.59 Å². The summed E-state index contributed by atoms with van der Waals surface area (Å²) in [7, 11) is 2.51. The van der Waals surface area contributed by atoms with Crippen LogP contribution >= 0.6 is 23.2 Å². The van der Waals surface area contributed by atoms with Crippen LogP contribution in [0.3, 0.4) is 0 Å². The molecule has 1 atom stereocenters. The summed E-state index contributed by atoms with van der Waals surface area (Å²) in [6.45, 7) is 0. The minimum absolute atomic E-state index is 0.147. The highest BCUT2D eigenvalue weighted by atomic mass is 35.5. The van der Waals surface area contributed by atoms with E-state index >= 15 is 0 Å². The van der Waals surface area contributed by atoms with Gasteiger partial charge < -0.3 is 20.1 Å². The number of rotatable bonds is 9. The normalized spacial score (nSPS) is 11.5. The fourth-order valence-corrected chi connectivity index (χ4v) is 4.05. The Morgan fingerprint density at radius 2 is 1.55 bits per heavy atom. The average molecular weight is 555 g/mol. The standard InChI is InChI=1S/C28H24Cl2N2O6/c1-37-27(35)19-6-3-5-17(15-19)11-14-24(33)32-23(28(36)38-2)16-18-9-12-20(13-10-18)31-26(34)25-21(29)7-4-8-22(25)30/h3-15,23H,16H2,1-2H3,(H,31,34)(H,32,33)/b14-11+/t23-/m0/s1. The molecule has 196 valence electrons. The Morgan fingerprint density at radius 1 is 0.895 bits per heavy atom. The quantitative estimate of drug-likeness (QED) is 0.286. The van der Waals surface area contributed by atoms with Gasteiger partial charge in [0.2, 0.25) is 5.91 Å². The zero-order valence-corrected chi connectivity index (χ0v) is 22.0. The summed E-state index contributed by atoms with van der Waals surface area (Å²) in [6, 6.07) is 17.1. The van der Waals surface area contributed by atoms with E-state index in [1.54, 1.807) is 66.7 Å². The van der Waals surface area contributed by atoms with Crippen molar-refractivity contribution in [2.45, 2.75) is 12.5 Å². The van der Waals surface area contributed by atoms with Crippen LogP contribution in [-0.2, 0) is 25.5 Å². The van der Waals surface area contributed by atoms with Gasteiger partial charge >= 0.3 is 11.9 Å². The van der Waals surface area contributed by atoms with Crippen LogP contribution in [0.1, 0.15) is 31.8 Å². The van der Waals surface area contributed by atoms with Crippen LogP contribution in [0.15, 0.2) is 72.8 Å². The molecule has 0 saturated heterocycles. The van der Waals surface area contributed by atoms with Gasteiger partial charge in [-0.05, 0) is 53.6 Å². The number of ether oxygens (including phenoxy) is 2. The highest BCUT2D eigenvalue weighted by Gasteiger charge is 2.21. The van der Waals surface area contributed by atoms with Gasteiger partial charge in [0.05, 0.1) is 35.4 Å². The second-order valence-electron chi connectivity index (χ2n) is 7.99. The number of carbonyl (C=O) groups is 4. The molecule has 8 nitrogen and oxygen atoms in total. The number of benzene rings is 3. The van der Waals surface area contributed by atoms with Gasteiger partial charge in [-0.1, -0.05) is 53.5 Å². The van der Waals surface area contributed by atoms with Gasteiger partial charge in [0.1, 0.15) is 6.04 Å². The Balaban J connectivity index is 1.65. The number of amides is 2. The Kier molecular flexibility index (Phi) is 10.0. The van der Waals surface area contributed by atoms with Crippen molar-refractivity contribution < 1.29 is 28.7 Å². The fourth-order valence-electron chi connectivity index (χ4n) is 3.48. The molecule has 0 saturated carbocycles. The number of carbonyl (C=O) groups excluding carboxylic acids is 4. The second-order valence-corrected chi connectivity index (χ2v) is 8.80. The number of esters is 2. The molecule has 0 aliphatic carbocycles. The van der Waals surface area contributed by atoms with Crippen molar-refractivity contribution in [3.8, 4) is 0 Å². The van der Waals surface area contributed by atoms with Gasteiger partial charge in [0.15, 0.2) is 0 Å². The number of hydrogen-bond donors (Lipinski definition) is 2. The Bertz CT molecular complexity index is 1350. The van der Waals surface area contributed by atoms with Gasteiger partial charge in [0, 0.05) is 18.2 Å². The molecule has 0 aliphatic rings. The van der Waals surface area contributed by atoms with E-state index in [0.717, 1.165) is 0 Å². The number of hydrogen-bond acceptors (Lipinski definition) is 6. The topological polar surface area (TPSA) is 111 Å². The maximum absolute atomic E-state index is 12.6. The predicted octanol–water partition coefficient (Wildman–Crippen LogP) is 4.95. The molecule has 10 heteroatoms. The molecule has 0 radical (unpaired) electrons. The third-order valence-electron chi connectivity index (χ3n) is 5.38. The van der Waals surface area contributed by atoms with Crippen molar-refractivity contribution in [3.63, 3.8) is 0 Å². The van der Waals surface area contributed by atoms with E-state index in [1.807, 2.05) is 0 Å². The summed E-state index contributed by atoms with van der Waals surface area (Å²) in [6.07, 6.45) is 2.91. The van der Waals surface area contributed by atoms with E-state index in [0.29, 0.717) is 22.4 Å². The number of halogens is 2. The van der Waals surface area contributed by atoms with Crippen molar-refractivity contribution in [2.24, 2.45) is 0 Å². The van der Waals surface area contributed by atoms with Crippen molar-refractivity contribution >= 4 is 58.7 Å². The lowest BCUT2D eigenvalue weighted by Crippen LogP contribution is -2.42. The van der Waals surface area contributed by atoms with Crippen LogP contribution in [0, 0.1) is 0 Å². The van der Waals surface area contributed by atoms with E-state index in [9.17, 15) is 19.2 Å². The van der Waals surface area contributed by atoms with E-state index in [2.05, 4.69) is 10.6 Å². The first kappa shape index (κ1) is 28.4. The fraction of sp³-hybridized carbons (Fsp3) is 0.143. The molecular weight excluding hydrogens is 531 g/mol. The first-order valence-electron chi connectivity index (χ1n) is 11.3. The van der Waals surface area contributed by atoms with Crippen LogP contribution in [0.5, 0.6) is 0 Å². The van der Waals surface area contributed by atoms with Gasteiger partial charge in [0.25, 0.3) is 5.91 Å². The van der Waals surface area contributed by atoms with Crippen molar-refractivity contribution in [2.75, 3.05) is 19.5 Å². The molecule has 0 spiro atoms. The van der Waals surface area contributed by atoms with Crippen LogP contribution < -0.4 is 10.6 Å². The van der Waals surface area contributed by atoms with Crippen molar-refractivity contribution in [3.05, 3.63) is 105 Å². The van der Waals surface area contributed by atoms with E-state index < -0.39 is 29.8 Å². The highest BCUT2D eigenvalue weighted by Crippen LogP contribution is 2.25. The molecule has 0 bridgehead atoms. The van der Waals surface area contributed by atoms with Gasteiger partial charge in [-0.25, -0.2) is 9.59 Å². The zero-order chi connectivity index (χ0) is 27.7. The molecule has 0 aromatic heterocycles.